The molecule has 2 amide bonds. The van der Waals surface area contributed by atoms with Crippen LogP contribution in [0.5, 0.6) is 0 Å². The molecule has 98 valence electrons. The molecule has 0 radical (unpaired) electrons. The number of carbonyl (C=O) groups is 2. The Hall–Kier alpha value is -1.36. The zero-order valence-corrected chi connectivity index (χ0v) is 11.3. The number of rotatable bonds is 4. The van der Waals surface area contributed by atoms with Crippen molar-refractivity contribution in [3.8, 4) is 0 Å². The molecule has 1 fully saturated rings. The van der Waals surface area contributed by atoms with E-state index in [0.29, 0.717) is 10.9 Å². The lowest BCUT2D eigenvalue weighted by atomic mass is 10.2. The molecule has 2 rings (SSSR count). The Morgan fingerprint density at radius 3 is 2.67 bits per heavy atom. The summed E-state index contributed by atoms with van der Waals surface area (Å²) in [4.78, 5) is 25.1. The number of amides is 2. The van der Waals surface area contributed by atoms with E-state index in [1.165, 1.54) is 24.2 Å². The molecule has 1 aromatic rings. The molecule has 5 heteroatoms. The highest BCUT2D eigenvalue weighted by atomic mass is 32.1. The van der Waals surface area contributed by atoms with Crippen LogP contribution in [-0.4, -0.2) is 24.4 Å². The maximum Gasteiger partial charge on any atom is 0.261 e. The average molecular weight is 266 g/mol. The van der Waals surface area contributed by atoms with Gasteiger partial charge >= 0.3 is 0 Å². The van der Waals surface area contributed by atoms with Gasteiger partial charge in [-0.3, -0.25) is 9.59 Å². The zero-order chi connectivity index (χ0) is 13.0. The van der Waals surface area contributed by atoms with E-state index in [0.717, 1.165) is 17.7 Å². The first-order valence-electron chi connectivity index (χ1n) is 6.29. The summed E-state index contributed by atoms with van der Waals surface area (Å²) in [5, 5.41) is 5.59. The highest BCUT2D eigenvalue weighted by Crippen LogP contribution is 2.17. The Balaban J connectivity index is 1.73. The molecule has 0 aliphatic heterocycles. The summed E-state index contributed by atoms with van der Waals surface area (Å²) in [6.45, 7) is 2.01. The Morgan fingerprint density at radius 2 is 2.06 bits per heavy atom. The Morgan fingerprint density at radius 1 is 1.33 bits per heavy atom. The highest BCUT2D eigenvalue weighted by molar-refractivity contribution is 7.13. The molecule has 1 aliphatic rings. The van der Waals surface area contributed by atoms with Crippen LogP contribution >= 0.6 is 11.3 Å². The van der Waals surface area contributed by atoms with Crippen LogP contribution in [0.25, 0.3) is 0 Å². The molecule has 0 unspecified atom stereocenters. The molecular weight excluding hydrogens is 248 g/mol. The lowest BCUT2D eigenvalue weighted by Gasteiger charge is -2.11. The predicted molar refractivity (Wildman–Crippen MR) is 71.8 cm³/mol. The lowest BCUT2D eigenvalue weighted by molar-refractivity contribution is -0.120. The van der Waals surface area contributed by atoms with Crippen molar-refractivity contribution in [1.82, 2.24) is 10.6 Å². The number of nitrogens with one attached hydrogen (secondary N) is 2. The van der Waals surface area contributed by atoms with Crippen molar-refractivity contribution in [2.24, 2.45) is 0 Å². The average Bonchev–Trinajstić information content (AvgIpc) is 2.97. The Kier molecular flexibility index (Phi) is 4.36. The van der Waals surface area contributed by atoms with Crippen LogP contribution in [0.4, 0.5) is 0 Å². The first-order valence-corrected chi connectivity index (χ1v) is 7.11. The monoisotopic (exact) mass is 266 g/mol. The molecule has 2 N–H and O–H groups in total. The Labute approximate surface area is 111 Å². The predicted octanol–water partition coefficient (Wildman–Crippen LogP) is 1.85. The van der Waals surface area contributed by atoms with Gasteiger partial charge in [-0.25, -0.2) is 0 Å². The second-order valence-corrected chi connectivity index (χ2v) is 5.93. The van der Waals surface area contributed by atoms with Gasteiger partial charge in [-0.2, -0.15) is 0 Å². The number of carbonyl (C=O) groups excluding carboxylic acids is 2. The van der Waals surface area contributed by atoms with Crippen molar-refractivity contribution < 1.29 is 9.59 Å². The van der Waals surface area contributed by atoms with Crippen molar-refractivity contribution in [2.45, 2.75) is 38.6 Å². The smallest absolute Gasteiger partial charge is 0.261 e. The SMILES string of the molecule is Cc1ccc(C(=O)NCC(=O)NC2CCCC2)s1. The largest absolute Gasteiger partial charge is 0.352 e. The van der Waals surface area contributed by atoms with Gasteiger partial charge < -0.3 is 10.6 Å². The van der Waals surface area contributed by atoms with Crippen LogP contribution in [0.2, 0.25) is 0 Å². The maximum atomic E-state index is 11.7. The topological polar surface area (TPSA) is 58.2 Å². The molecule has 0 saturated heterocycles. The summed E-state index contributed by atoms with van der Waals surface area (Å²) in [5.41, 5.74) is 0. The van der Waals surface area contributed by atoms with Gasteiger partial charge in [-0.05, 0) is 31.9 Å². The minimum absolute atomic E-state index is 0.0618. The van der Waals surface area contributed by atoms with E-state index in [4.69, 9.17) is 0 Å². The molecule has 1 saturated carbocycles. The van der Waals surface area contributed by atoms with Crippen LogP contribution in [-0.2, 0) is 4.79 Å². The van der Waals surface area contributed by atoms with E-state index >= 15 is 0 Å². The van der Waals surface area contributed by atoms with Gasteiger partial charge in [0.1, 0.15) is 0 Å². The fourth-order valence-corrected chi connectivity index (χ4v) is 2.94. The van der Waals surface area contributed by atoms with Gasteiger partial charge in [-0.1, -0.05) is 12.8 Å². The van der Waals surface area contributed by atoms with Crippen molar-refractivity contribution in [2.75, 3.05) is 6.54 Å². The molecule has 0 spiro atoms. The van der Waals surface area contributed by atoms with Crippen molar-refractivity contribution in [1.29, 1.82) is 0 Å². The third-order valence-electron chi connectivity index (χ3n) is 3.09. The summed E-state index contributed by atoms with van der Waals surface area (Å²) in [6, 6.07) is 3.99. The van der Waals surface area contributed by atoms with Gasteiger partial charge in [0.2, 0.25) is 5.91 Å². The van der Waals surface area contributed by atoms with Crippen LogP contribution < -0.4 is 10.6 Å². The van der Waals surface area contributed by atoms with Crippen LogP contribution in [0.15, 0.2) is 12.1 Å². The molecule has 18 heavy (non-hydrogen) atoms. The number of thiophene rings is 1. The van der Waals surface area contributed by atoms with Crippen molar-refractivity contribution in [3.05, 3.63) is 21.9 Å². The van der Waals surface area contributed by atoms with Gasteiger partial charge in [0, 0.05) is 10.9 Å². The second-order valence-electron chi connectivity index (χ2n) is 4.64. The summed E-state index contributed by atoms with van der Waals surface area (Å²) >= 11 is 1.44. The van der Waals surface area contributed by atoms with Gasteiger partial charge in [-0.15, -0.1) is 11.3 Å². The van der Waals surface area contributed by atoms with Crippen LogP contribution in [0.1, 0.15) is 40.2 Å². The summed E-state index contributed by atoms with van der Waals surface area (Å²) < 4.78 is 0. The number of aryl methyl sites for hydroxylation is 1. The van der Waals surface area contributed by atoms with Crippen molar-refractivity contribution >= 4 is 23.2 Å². The lowest BCUT2D eigenvalue weighted by Crippen LogP contribution is -2.40. The van der Waals surface area contributed by atoms with Gasteiger partial charge in [0.25, 0.3) is 5.91 Å². The molecule has 0 aromatic carbocycles. The third-order valence-corrected chi connectivity index (χ3v) is 4.09. The van der Waals surface area contributed by atoms with E-state index < -0.39 is 0 Å². The molecule has 1 aromatic heterocycles. The van der Waals surface area contributed by atoms with Gasteiger partial charge in [0.15, 0.2) is 0 Å². The molecule has 4 nitrogen and oxygen atoms in total. The fourth-order valence-electron chi connectivity index (χ4n) is 2.15. The quantitative estimate of drug-likeness (QED) is 0.873. The first-order chi connectivity index (χ1) is 8.65. The summed E-state index contributed by atoms with van der Waals surface area (Å²) in [7, 11) is 0. The maximum absolute atomic E-state index is 11.7. The van der Waals surface area contributed by atoms with E-state index in [1.54, 1.807) is 6.07 Å². The Bertz CT molecular complexity index is 436. The van der Waals surface area contributed by atoms with Crippen LogP contribution in [0.3, 0.4) is 0 Å². The molecule has 0 bridgehead atoms. The molecule has 1 aliphatic carbocycles. The summed E-state index contributed by atoms with van der Waals surface area (Å²) in [5.74, 6) is -0.266. The third kappa shape index (κ3) is 3.57. The summed E-state index contributed by atoms with van der Waals surface area (Å²) in [6.07, 6.45) is 4.49. The van der Waals surface area contributed by atoms with Crippen LogP contribution in [0, 0.1) is 6.92 Å². The first kappa shape index (κ1) is 13.1. The van der Waals surface area contributed by atoms with Gasteiger partial charge in [0.05, 0.1) is 11.4 Å². The second kappa shape index (κ2) is 6.00. The number of hydrogen-bond donors (Lipinski definition) is 2. The molecule has 0 atom stereocenters. The highest BCUT2D eigenvalue weighted by Gasteiger charge is 2.17. The minimum Gasteiger partial charge on any atom is -0.352 e. The minimum atomic E-state index is -0.172. The normalized spacial score (nSPS) is 15.6. The molecule has 1 heterocycles. The van der Waals surface area contributed by atoms with E-state index in [9.17, 15) is 9.59 Å². The fraction of sp³-hybridized carbons (Fsp3) is 0.538. The molecular formula is C13H18N2O2S. The standard InChI is InChI=1S/C13H18N2O2S/c1-9-6-7-11(18-9)13(17)14-8-12(16)15-10-4-2-3-5-10/h6-7,10H,2-5,8H2,1H3,(H,14,17)(H,15,16). The van der Waals surface area contributed by atoms with Crippen molar-refractivity contribution in [3.63, 3.8) is 0 Å². The zero-order valence-electron chi connectivity index (χ0n) is 10.5. The number of hydrogen-bond acceptors (Lipinski definition) is 3. The van der Waals surface area contributed by atoms with E-state index in [1.807, 2.05) is 13.0 Å². The van der Waals surface area contributed by atoms with E-state index in [2.05, 4.69) is 10.6 Å². The van der Waals surface area contributed by atoms with E-state index in [-0.39, 0.29) is 18.4 Å².